The van der Waals surface area contributed by atoms with Gasteiger partial charge in [0.15, 0.2) is 0 Å². The van der Waals surface area contributed by atoms with Gasteiger partial charge < -0.3 is 15.8 Å². The lowest BCUT2D eigenvalue weighted by atomic mass is 9.83. The van der Waals surface area contributed by atoms with Gasteiger partial charge in [-0.1, -0.05) is 0 Å². The van der Waals surface area contributed by atoms with Crippen LogP contribution in [0.5, 0.6) is 0 Å². The summed E-state index contributed by atoms with van der Waals surface area (Å²) in [5, 5.41) is 2.85. The lowest BCUT2D eigenvalue weighted by Gasteiger charge is -2.42. The smallest absolute Gasteiger partial charge is 0.251 e. The number of ether oxygens (including phenoxy) is 1. The number of nitrogens with one attached hydrogen (secondary N) is 1. The van der Waals surface area contributed by atoms with E-state index in [4.69, 9.17) is 10.5 Å². The second-order valence-corrected chi connectivity index (χ2v) is 4.86. The summed E-state index contributed by atoms with van der Waals surface area (Å²) >= 11 is 0. The highest BCUT2D eigenvalue weighted by Crippen LogP contribution is 2.23. The van der Waals surface area contributed by atoms with E-state index in [1.54, 1.807) is 6.92 Å². The molecular formula is C14H19FN2O2. The van der Waals surface area contributed by atoms with Gasteiger partial charge >= 0.3 is 0 Å². The average Bonchev–Trinajstić information content (AvgIpc) is 2.38. The molecule has 0 radical (unpaired) electrons. The summed E-state index contributed by atoms with van der Waals surface area (Å²) < 4.78 is 18.6. The Morgan fingerprint density at radius 2 is 2.32 bits per heavy atom. The Hall–Kier alpha value is -1.46. The van der Waals surface area contributed by atoms with Gasteiger partial charge in [-0.2, -0.15) is 0 Å². The topological polar surface area (TPSA) is 64.3 Å². The van der Waals surface area contributed by atoms with Crippen LogP contribution in [0.15, 0.2) is 18.2 Å². The molecule has 1 aromatic carbocycles. The van der Waals surface area contributed by atoms with Crippen LogP contribution in [0.1, 0.15) is 29.3 Å². The highest BCUT2D eigenvalue weighted by molar-refractivity contribution is 5.94. The third kappa shape index (κ3) is 2.93. The predicted octanol–water partition coefficient (Wildman–Crippen LogP) is 1.37. The van der Waals surface area contributed by atoms with Crippen LogP contribution in [0.3, 0.4) is 0 Å². The molecule has 3 atom stereocenters. The van der Waals surface area contributed by atoms with E-state index in [0.717, 1.165) is 6.42 Å². The number of amides is 1. The summed E-state index contributed by atoms with van der Waals surface area (Å²) in [6.45, 7) is 4.13. The van der Waals surface area contributed by atoms with E-state index in [1.807, 2.05) is 6.92 Å². The number of nitrogens with two attached hydrogens (primary N) is 1. The summed E-state index contributed by atoms with van der Waals surface area (Å²) in [4.78, 5) is 12.1. The van der Waals surface area contributed by atoms with E-state index in [1.165, 1.54) is 18.2 Å². The minimum Gasteiger partial charge on any atom is -0.376 e. The first-order valence-electron chi connectivity index (χ1n) is 6.47. The van der Waals surface area contributed by atoms with Crippen molar-refractivity contribution in [1.29, 1.82) is 0 Å². The first-order valence-corrected chi connectivity index (χ1v) is 6.47. The molecule has 4 nitrogen and oxygen atoms in total. The normalized spacial score (nSPS) is 25.8. The van der Waals surface area contributed by atoms with Crippen molar-refractivity contribution in [2.75, 3.05) is 6.61 Å². The molecule has 104 valence electrons. The van der Waals surface area contributed by atoms with Crippen LogP contribution in [-0.2, 0) is 4.74 Å². The molecule has 3 unspecified atom stereocenters. The number of carbonyl (C=O) groups excluding carboxylic acids is 1. The molecule has 1 aliphatic rings. The lowest BCUT2D eigenvalue weighted by Crippen LogP contribution is -2.64. The Morgan fingerprint density at radius 1 is 1.58 bits per heavy atom. The number of hydrogen-bond donors (Lipinski definition) is 2. The summed E-state index contributed by atoms with van der Waals surface area (Å²) in [6.07, 6.45) is 0.729. The van der Waals surface area contributed by atoms with Gasteiger partial charge in [0.05, 0.1) is 12.1 Å². The fourth-order valence-corrected chi connectivity index (χ4v) is 2.25. The molecule has 19 heavy (non-hydrogen) atoms. The predicted molar refractivity (Wildman–Crippen MR) is 70.4 cm³/mol. The molecule has 1 saturated carbocycles. The fourth-order valence-electron chi connectivity index (χ4n) is 2.25. The molecule has 0 saturated heterocycles. The minimum absolute atomic E-state index is 0.0227. The van der Waals surface area contributed by atoms with Crippen molar-refractivity contribution in [3.8, 4) is 0 Å². The lowest BCUT2D eigenvalue weighted by molar-refractivity contribution is -0.0300. The van der Waals surface area contributed by atoms with E-state index in [0.29, 0.717) is 17.7 Å². The van der Waals surface area contributed by atoms with Gasteiger partial charge in [0.2, 0.25) is 0 Å². The molecule has 3 N–H and O–H groups in total. The third-order valence-electron chi connectivity index (χ3n) is 3.46. The Balaban J connectivity index is 2.02. The molecule has 0 aromatic heterocycles. The van der Waals surface area contributed by atoms with Crippen LogP contribution in [0.2, 0.25) is 0 Å². The SMILES string of the molecule is CCOC1CC(N)C1NC(=O)c1ccc(F)c(C)c1. The zero-order valence-electron chi connectivity index (χ0n) is 11.2. The van der Waals surface area contributed by atoms with Crippen molar-refractivity contribution in [3.63, 3.8) is 0 Å². The summed E-state index contributed by atoms with van der Waals surface area (Å²) in [5.41, 5.74) is 6.76. The van der Waals surface area contributed by atoms with E-state index in [-0.39, 0.29) is 29.9 Å². The molecule has 0 bridgehead atoms. The van der Waals surface area contributed by atoms with Crippen molar-refractivity contribution < 1.29 is 13.9 Å². The Bertz CT molecular complexity index is 477. The van der Waals surface area contributed by atoms with E-state index >= 15 is 0 Å². The average molecular weight is 266 g/mol. The van der Waals surface area contributed by atoms with E-state index < -0.39 is 0 Å². The maximum atomic E-state index is 13.2. The van der Waals surface area contributed by atoms with Gasteiger partial charge in [0, 0.05) is 18.2 Å². The van der Waals surface area contributed by atoms with Crippen molar-refractivity contribution >= 4 is 5.91 Å². The maximum absolute atomic E-state index is 13.2. The Kier molecular flexibility index (Phi) is 4.17. The van der Waals surface area contributed by atoms with Crippen LogP contribution in [-0.4, -0.2) is 30.7 Å². The number of aryl methyl sites for hydroxylation is 1. The molecule has 0 aliphatic heterocycles. The van der Waals surface area contributed by atoms with Crippen molar-refractivity contribution in [2.45, 2.75) is 38.5 Å². The zero-order chi connectivity index (χ0) is 14.0. The largest absolute Gasteiger partial charge is 0.376 e. The number of benzene rings is 1. The van der Waals surface area contributed by atoms with Gasteiger partial charge in [0.25, 0.3) is 5.91 Å². The quantitative estimate of drug-likeness (QED) is 0.865. The molecule has 2 rings (SSSR count). The fraction of sp³-hybridized carbons (Fsp3) is 0.500. The van der Waals surface area contributed by atoms with Crippen LogP contribution >= 0.6 is 0 Å². The highest BCUT2D eigenvalue weighted by Gasteiger charge is 2.40. The number of rotatable bonds is 4. The molecule has 1 aromatic rings. The van der Waals surface area contributed by atoms with Gasteiger partial charge in [-0.05, 0) is 44.0 Å². The number of halogens is 1. The first kappa shape index (κ1) is 14.0. The molecule has 0 spiro atoms. The minimum atomic E-state index is -0.316. The molecule has 1 amide bonds. The third-order valence-corrected chi connectivity index (χ3v) is 3.46. The van der Waals surface area contributed by atoms with Gasteiger partial charge in [-0.25, -0.2) is 4.39 Å². The van der Waals surface area contributed by atoms with Crippen LogP contribution < -0.4 is 11.1 Å². The molecule has 1 fully saturated rings. The zero-order valence-corrected chi connectivity index (χ0v) is 11.2. The van der Waals surface area contributed by atoms with Crippen molar-refractivity contribution in [3.05, 3.63) is 35.1 Å². The van der Waals surface area contributed by atoms with E-state index in [2.05, 4.69) is 5.32 Å². The maximum Gasteiger partial charge on any atom is 0.251 e. The Labute approximate surface area is 112 Å². The van der Waals surface area contributed by atoms with Crippen LogP contribution in [0, 0.1) is 12.7 Å². The molecule has 1 aliphatic carbocycles. The van der Waals surface area contributed by atoms with Crippen LogP contribution in [0.4, 0.5) is 4.39 Å². The van der Waals surface area contributed by atoms with Crippen LogP contribution in [0.25, 0.3) is 0 Å². The summed E-state index contributed by atoms with van der Waals surface area (Å²) in [7, 11) is 0. The Morgan fingerprint density at radius 3 is 2.89 bits per heavy atom. The second-order valence-electron chi connectivity index (χ2n) is 4.86. The second kappa shape index (κ2) is 5.67. The first-order chi connectivity index (χ1) is 9.02. The monoisotopic (exact) mass is 266 g/mol. The molecular weight excluding hydrogens is 247 g/mol. The number of hydrogen-bond acceptors (Lipinski definition) is 3. The standard InChI is InChI=1S/C14H19FN2O2/c1-3-19-12-7-11(16)13(12)17-14(18)9-4-5-10(15)8(2)6-9/h4-6,11-13H,3,7,16H2,1-2H3,(H,17,18). The van der Waals surface area contributed by atoms with Crippen molar-refractivity contribution in [1.82, 2.24) is 5.32 Å². The summed E-state index contributed by atoms with van der Waals surface area (Å²) in [6, 6.07) is 4.05. The van der Waals surface area contributed by atoms with Gasteiger partial charge in [0.1, 0.15) is 5.82 Å². The van der Waals surface area contributed by atoms with Gasteiger partial charge in [-0.3, -0.25) is 4.79 Å². The molecule has 5 heteroatoms. The van der Waals surface area contributed by atoms with Gasteiger partial charge in [-0.15, -0.1) is 0 Å². The van der Waals surface area contributed by atoms with E-state index in [9.17, 15) is 9.18 Å². The van der Waals surface area contributed by atoms with Crippen molar-refractivity contribution in [2.24, 2.45) is 5.73 Å². The summed E-state index contributed by atoms with van der Waals surface area (Å²) in [5.74, 6) is -0.558. The number of carbonyl (C=O) groups is 1. The molecule has 0 heterocycles. The highest BCUT2D eigenvalue weighted by atomic mass is 19.1.